The van der Waals surface area contributed by atoms with Gasteiger partial charge in [-0.25, -0.2) is 0 Å². The van der Waals surface area contributed by atoms with Gasteiger partial charge in [0.25, 0.3) is 0 Å². The Labute approximate surface area is 220 Å². The third-order valence-electron chi connectivity index (χ3n) is 7.56. The van der Waals surface area contributed by atoms with E-state index >= 15 is 0 Å². The van der Waals surface area contributed by atoms with Crippen LogP contribution in [0, 0.1) is 5.92 Å². The third-order valence-corrected chi connectivity index (χ3v) is 7.56. The Morgan fingerprint density at radius 1 is 0.778 bits per heavy atom. The first-order valence-electron chi connectivity index (χ1n) is 12.7. The Kier molecular flexibility index (Phi) is 8.58. The zero-order valence-electron chi connectivity index (χ0n) is 20.6. The van der Waals surface area contributed by atoms with Gasteiger partial charge in [-0.2, -0.15) is 0 Å². The fourth-order valence-corrected chi connectivity index (χ4v) is 5.57. The molecule has 1 heterocycles. The molecule has 186 valence electrons. The summed E-state index contributed by atoms with van der Waals surface area (Å²) in [6.07, 6.45) is 3.28. The van der Waals surface area contributed by atoms with Crippen LogP contribution in [0.4, 0.5) is 0 Å². The molecule has 1 saturated heterocycles. The lowest BCUT2D eigenvalue weighted by atomic mass is 9.72. The molecule has 0 aliphatic carbocycles. The number of rotatable bonds is 8. The predicted octanol–water partition coefficient (Wildman–Crippen LogP) is 6.87. The van der Waals surface area contributed by atoms with Gasteiger partial charge in [0.05, 0.1) is 0 Å². The monoisotopic (exact) mass is 499 g/mol. The molecule has 36 heavy (non-hydrogen) atoms. The van der Waals surface area contributed by atoms with Gasteiger partial charge < -0.3 is 10.0 Å². The van der Waals surface area contributed by atoms with Crippen LogP contribution in [-0.4, -0.2) is 35.4 Å². The molecule has 4 aromatic rings. The lowest BCUT2D eigenvalue weighted by Gasteiger charge is -2.42. The highest BCUT2D eigenvalue weighted by atomic mass is 35.5. The number of halogens is 1. The van der Waals surface area contributed by atoms with E-state index in [1.807, 2.05) is 91.0 Å². The summed E-state index contributed by atoms with van der Waals surface area (Å²) in [4.78, 5) is 15.2. The van der Waals surface area contributed by atoms with Crippen LogP contribution < -0.4 is 0 Å². The predicted molar refractivity (Wildman–Crippen MR) is 150 cm³/mol. The number of likely N-dealkylation sites (tertiary alicyclic amines) is 1. The van der Waals surface area contributed by atoms with Crippen LogP contribution >= 0.6 is 12.4 Å². The van der Waals surface area contributed by atoms with Crippen molar-refractivity contribution in [2.75, 3.05) is 19.6 Å². The first-order chi connectivity index (χ1) is 17.1. The highest BCUT2D eigenvalue weighted by molar-refractivity contribution is 5.99. The van der Waals surface area contributed by atoms with Crippen molar-refractivity contribution >= 4 is 29.0 Å². The van der Waals surface area contributed by atoms with Gasteiger partial charge in [0.2, 0.25) is 0 Å². The van der Waals surface area contributed by atoms with E-state index in [0.29, 0.717) is 6.42 Å². The van der Waals surface area contributed by atoms with E-state index < -0.39 is 5.60 Å². The molecule has 0 saturated carbocycles. The minimum atomic E-state index is -0.985. The quantitative estimate of drug-likeness (QED) is 0.269. The third kappa shape index (κ3) is 5.54. The van der Waals surface area contributed by atoms with Crippen molar-refractivity contribution in [3.63, 3.8) is 0 Å². The van der Waals surface area contributed by atoms with E-state index in [4.69, 9.17) is 0 Å². The minimum Gasteiger partial charge on any atom is -0.380 e. The van der Waals surface area contributed by atoms with Crippen LogP contribution in [-0.2, 0) is 5.60 Å². The number of aliphatic hydroxyl groups is 1. The largest absolute Gasteiger partial charge is 0.380 e. The number of carbonyl (C=O) groups excluding carboxylic acids is 1. The number of carbonyl (C=O) groups is 1. The Hall–Kier alpha value is -2.98. The molecule has 0 bridgehead atoms. The number of piperidine rings is 1. The first-order valence-corrected chi connectivity index (χ1v) is 12.7. The van der Waals surface area contributed by atoms with Crippen molar-refractivity contribution in [1.82, 2.24) is 4.90 Å². The van der Waals surface area contributed by atoms with Gasteiger partial charge in [0, 0.05) is 12.0 Å². The molecule has 0 radical (unpaired) electrons. The molecule has 4 heteroatoms. The van der Waals surface area contributed by atoms with Crippen LogP contribution in [0.2, 0.25) is 0 Å². The molecule has 0 amide bonds. The van der Waals surface area contributed by atoms with Gasteiger partial charge in [-0.3, -0.25) is 4.79 Å². The second-order valence-corrected chi connectivity index (χ2v) is 9.70. The summed E-state index contributed by atoms with van der Waals surface area (Å²) in [5.74, 6) is 0.371. The van der Waals surface area contributed by atoms with Gasteiger partial charge in [-0.05, 0) is 72.8 Å². The number of nitrogens with zero attached hydrogens (tertiary/aromatic N) is 1. The summed E-state index contributed by atoms with van der Waals surface area (Å²) >= 11 is 0. The maximum Gasteiger partial charge on any atom is 0.162 e. The number of hydrogen-bond acceptors (Lipinski definition) is 3. The molecule has 1 N–H and O–H groups in total. The number of hydrogen-bond donors (Lipinski definition) is 1. The van der Waals surface area contributed by atoms with E-state index in [2.05, 4.69) is 17.0 Å². The number of Topliss-reactive ketones (excluding diaryl/α,β-unsaturated/α-hetero) is 1. The molecule has 5 rings (SSSR count). The van der Waals surface area contributed by atoms with Crippen molar-refractivity contribution in [2.45, 2.75) is 31.3 Å². The maximum absolute atomic E-state index is 12.8. The van der Waals surface area contributed by atoms with Crippen LogP contribution in [0.5, 0.6) is 0 Å². The average molecular weight is 500 g/mol. The van der Waals surface area contributed by atoms with Crippen LogP contribution in [0.1, 0.15) is 47.2 Å². The highest BCUT2D eigenvalue weighted by Crippen LogP contribution is 2.41. The van der Waals surface area contributed by atoms with E-state index in [1.165, 1.54) is 0 Å². The normalized spacial score (nSPS) is 14.9. The van der Waals surface area contributed by atoms with E-state index in [0.717, 1.165) is 66.4 Å². The minimum absolute atomic E-state index is 0. The lowest BCUT2D eigenvalue weighted by molar-refractivity contribution is -0.0142. The molecule has 1 aliphatic heterocycles. The zero-order chi connectivity index (χ0) is 24.1. The molecule has 0 unspecified atom stereocenters. The van der Waals surface area contributed by atoms with E-state index in [9.17, 15) is 9.90 Å². The zero-order valence-corrected chi connectivity index (χ0v) is 21.4. The number of benzene rings is 4. The second kappa shape index (κ2) is 11.8. The van der Waals surface area contributed by atoms with Crippen molar-refractivity contribution in [2.24, 2.45) is 5.92 Å². The standard InChI is InChI=1S/C32H33NO2.ClH/c34-31(27-18-17-25-10-7-8-11-26(25)24-27)16-9-21-33-22-19-30(20-23-33)32(35,28-12-3-1-4-13-28)29-14-5-2-6-15-29;/h1-8,10-15,17-18,24,30,35H,9,16,19-23H2;1H. The molecular weight excluding hydrogens is 466 g/mol. The molecule has 0 atom stereocenters. The van der Waals surface area contributed by atoms with Gasteiger partial charge in [0.1, 0.15) is 5.60 Å². The molecule has 1 fully saturated rings. The van der Waals surface area contributed by atoms with Crippen molar-refractivity contribution in [3.05, 3.63) is 120 Å². The fourth-order valence-electron chi connectivity index (χ4n) is 5.57. The van der Waals surface area contributed by atoms with Crippen molar-refractivity contribution in [1.29, 1.82) is 0 Å². The Bertz CT molecular complexity index is 1230. The molecule has 3 nitrogen and oxygen atoms in total. The van der Waals surface area contributed by atoms with Crippen molar-refractivity contribution < 1.29 is 9.90 Å². The molecule has 0 spiro atoms. The maximum atomic E-state index is 12.8. The summed E-state index contributed by atoms with van der Waals surface area (Å²) in [6.45, 7) is 2.80. The lowest BCUT2D eigenvalue weighted by Crippen LogP contribution is -2.44. The van der Waals surface area contributed by atoms with Crippen LogP contribution in [0.3, 0.4) is 0 Å². The summed E-state index contributed by atoms with van der Waals surface area (Å²) < 4.78 is 0. The fraction of sp³-hybridized carbons (Fsp3) is 0.281. The second-order valence-electron chi connectivity index (χ2n) is 9.70. The van der Waals surface area contributed by atoms with Crippen LogP contribution in [0.25, 0.3) is 10.8 Å². The van der Waals surface area contributed by atoms with Gasteiger partial charge in [-0.15, -0.1) is 12.4 Å². The summed E-state index contributed by atoms with van der Waals surface area (Å²) in [5.41, 5.74) is 1.75. The smallest absolute Gasteiger partial charge is 0.162 e. The molecule has 0 aromatic heterocycles. The summed E-state index contributed by atoms with van der Waals surface area (Å²) in [7, 11) is 0. The molecule has 1 aliphatic rings. The topological polar surface area (TPSA) is 40.5 Å². The molecule has 4 aromatic carbocycles. The van der Waals surface area contributed by atoms with Crippen LogP contribution in [0.15, 0.2) is 103 Å². The number of fused-ring (bicyclic) bond motifs is 1. The number of ketones is 1. The van der Waals surface area contributed by atoms with Gasteiger partial charge in [-0.1, -0.05) is 97.1 Å². The highest BCUT2D eigenvalue weighted by Gasteiger charge is 2.41. The summed E-state index contributed by atoms with van der Waals surface area (Å²) in [6, 6.07) is 34.3. The Morgan fingerprint density at radius 3 is 1.94 bits per heavy atom. The first kappa shape index (κ1) is 26.1. The Morgan fingerprint density at radius 2 is 1.33 bits per heavy atom. The molecular formula is C32H34ClNO2. The Balaban J connectivity index is 0.00000304. The summed E-state index contributed by atoms with van der Waals surface area (Å²) in [5, 5.41) is 14.3. The SMILES string of the molecule is Cl.O=C(CCCN1CCC(C(O)(c2ccccc2)c2ccccc2)CC1)c1ccc2ccccc2c1. The average Bonchev–Trinajstić information content (AvgIpc) is 2.93. The van der Waals surface area contributed by atoms with Gasteiger partial charge in [0.15, 0.2) is 5.78 Å². The van der Waals surface area contributed by atoms with E-state index in [-0.39, 0.29) is 24.1 Å². The van der Waals surface area contributed by atoms with E-state index in [1.54, 1.807) is 0 Å². The van der Waals surface area contributed by atoms with Crippen molar-refractivity contribution in [3.8, 4) is 0 Å². The van der Waals surface area contributed by atoms with Gasteiger partial charge >= 0.3 is 0 Å².